The third-order valence-electron chi connectivity index (χ3n) is 5.49. The number of fused-ring (bicyclic) bond motifs is 3. The zero-order valence-electron chi connectivity index (χ0n) is 17.5. The van der Waals surface area contributed by atoms with Gasteiger partial charge in [-0.3, -0.25) is 4.18 Å². The molecule has 2 heterocycles. The standard InChI is InChI=1S/C20H26F3NO6S/c1-17(2,3)30-16(25)24-18-8-10-19(11-9-18,28-12-18)13-29-31(26,27)15-6-4-14(5-7-15)20(21,22)23/h4-7H,8-13H2,1-3H3,(H,24,25). The first-order chi connectivity index (χ1) is 14.1. The number of amides is 1. The molecule has 0 spiro atoms. The number of hydrogen-bond donors (Lipinski definition) is 1. The number of ether oxygens (including phenoxy) is 2. The molecule has 2 bridgehead atoms. The van der Waals surface area contributed by atoms with Crippen molar-refractivity contribution in [2.24, 2.45) is 0 Å². The predicted octanol–water partition coefficient (Wildman–Crippen LogP) is 4.02. The molecule has 11 heteroatoms. The number of hydrogen-bond acceptors (Lipinski definition) is 6. The Morgan fingerprint density at radius 1 is 1.10 bits per heavy atom. The lowest BCUT2D eigenvalue weighted by atomic mass is 9.71. The van der Waals surface area contributed by atoms with Gasteiger partial charge in [0, 0.05) is 0 Å². The third-order valence-corrected chi connectivity index (χ3v) is 6.76. The van der Waals surface area contributed by atoms with Gasteiger partial charge in [-0.05, 0) is 70.7 Å². The molecule has 1 aromatic rings. The summed E-state index contributed by atoms with van der Waals surface area (Å²) in [5.41, 5.74) is -2.97. The minimum Gasteiger partial charge on any atom is -0.444 e. The normalized spacial score (nSPS) is 26.5. The van der Waals surface area contributed by atoms with Crippen LogP contribution in [0.25, 0.3) is 0 Å². The number of rotatable bonds is 5. The van der Waals surface area contributed by atoms with Crippen molar-refractivity contribution in [3.63, 3.8) is 0 Å². The first-order valence-electron chi connectivity index (χ1n) is 9.86. The molecule has 3 fully saturated rings. The van der Waals surface area contributed by atoms with Crippen LogP contribution in [0.2, 0.25) is 0 Å². The molecule has 1 aromatic carbocycles. The van der Waals surface area contributed by atoms with Crippen molar-refractivity contribution in [1.82, 2.24) is 5.32 Å². The smallest absolute Gasteiger partial charge is 0.416 e. The molecule has 0 aromatic heterocycles. The number of alkyl halides is 3. The molecular formula is C20H26F3NO6S. The van der Waals surface area contributed by atoms with Gasteiger partial charge in [-0.2, -0.15) is 21.6 Å². The number of halogens is 3. The average molecular weight is 465 g/mol. The van der Waals surface area contributed by atoms with Crippen LogP contribution >= 0.6 is 0 Å². The Kier molecular flexibility index (Phi) is 6.09. The minimum absolute atomic E-state index is 0.190. The van der Waals surface area contributed by atoms with Crippen molar-refractivity contribution in [2.45, 2.75) is 74.3 Å². The zero-order valence-corrected chi connectivity index (χ0v) is 18.4. The van der Waals surface area contributed by atoms with E-state index >= 15 is 0 Å². The second kappa shape index (κ2) is 7.93. The predicted molar refractivity (Wildman–Crippen MR) is 104 cm³/mol. The number of alkyl carbamates (subject to hydrolysis) is 1. The van der Waals surface area contributed by atoms with E-state index in [9.17, 15) is 26.4 Å². The molecule has 2 aliphatic heterocycles. The van der Waals surface area contributed by atoms with Crippen LogP contribution in [0.1, 0.15) is 52.0 Å². The van der Waals surface area contributed by atoms with Gasteiger partial charge in [-0.15, -0.1) is 0 Å². The highest BCUT2D eigenvalue weighted by Crippen LogP contribution is 2.44. The zero-order chi connectivity index (χ0) is 23.1. The lowest BCUT2D eigenvalue weighted by molar-refractivity contribution is -0.174. The number of nitrogens with one attached hydrogen (secondary N) is 1. The summed E-state index contributed by atoms with van der Waals surface area (Å²) in [6, 6.07) is 3.13. The highest BCUT2D eigenvalue weighted by molar-refractivity contribution is 7.86. The van der Waals surface area contributed by atoms with Crippen LogP contribution in [0, 0.1) is 0 Å². The van der Waals surface area contributed by atoms with E-state index in [1.807, 2.05) is 0 Å². The number of carbonyl (C=O) groups excluding carboxylic acids is 1. The van der Waals surface area contributed by atoms with Crippen LogP contribution in [0.5, 0.6) is 0 Å². The summed E-state index contributed by atoms with van der Waals surface area (Å²) in [6.45, 7) is 5.24. The van der Waals surface area contributed by atoms with Gasteiger partial charge in [-0.1, -0.05) is 0 Å². The van der Waals surface area contributed by atoms with E-state index in [4.69, 9.17) is 13.7 Å². The molecule has 31 heavy (non-hydrogen) atoms. The summed E-state index contributed by atoms with van der Waals surface area (Å²) >= 11 is 0. The summed E-state index contributed by atoms with van der Waals surface area (Å²) in [6.07, 6.45) is -3.03. The maximum Gasteiger partial charge on any atom is 0.416 e. The van der Waals surface area contributed by atoms with E-state index in [2.05, 4.69) is 5.32 Å². The van der Waals surface area contributed by atoms with Crippen LogP contribution in [0.3, 0.4) is 0 Å². The molecule has 174 valence electrons. The highest BCUT2D eigenvalue weighted by Gasteiger charge is 2.51. The van der Waals surface area contributed by atoms with Gasteiger partial charge >= 0.3 is 12.3 Å². The average Bonchev–Trinajstić information content (AvgIpc) is 2.66. The molecule has 1 amide bonds. The second-order valence-electron chi connectivity index (χ2n) is 9.12. The molecule has 3 aliphatic rings. The molecule has 7 nitrogen and oxygen atoms in total. The lowest BCUT2D eigenvalue weighted by Crippen LogP contribution is -2.64. The van der Waals surface area contributed by atoms with Crippen LogP contribution in [0.15, 0.2) is 29.2 Å². The molecule has 0 atom stereocenters. The Balaban J connectivity index is 1.58. The first kappa shape index (κ1) is 23.8. The van der Waals surface area contributed by atoms with E-state index in [-0.39, 0.29) is 18.1 Å². The van der Waals surface area contributed by atoms with Gasteiger partial charge < -0.3 is 14.8 Å². The number of benzene rings is 1. The molecular weight excluding hydrogens is 439 g/mol. The van der Waals surface area contributed by atoms with Crippen LogP contribution in [-0.2, 0) is 30.0 Å². The van der Waals surface area contributed by atoms with Gasteiger partial charge in [0.25, 0.3) is 10.1 Å². The Labute approximate surface area is 179 Å². The fraction of sp³-hybridized carbons (Fsp3) is 0.650. The topological polar surface area (TPSA) is 90.9 Å². The van der Waals surface area contributed by atoms with Gasteiger partial charge in [-0.25, -0.2) is 4.79 Å². The molecule has 0 unspecified atom stereocenters. The summed E-state index contributed by atoms with van der Waals surface area (Å²) in [7, 11) is -4.24. The van der Waals surface area contributed by atoms with Crippen molar-refractivity contribution < 1.29 is 40.0 Å². The Hall–Kier alpha value is -1.85. The van der Waals surface area contributed by atoms with E-state index < -0.39 is 44.7 Å². The van der Waals surface area contributed by atoms with E-state index in [1.54, 1.807) is 20.8 Å². The maximum absolute atomic E-state index is 12.7. The highest BCUT2D eigenvalue weighted by atomic mass is 32.2. The monoisotopic (exact) mass is 465 g/mol. The van der Waals surface area contributed by atoms with Crippen molar-refractivity contribution in [2.75, 3.05) is 13.2 Å². The first-order valence-corrected chi connectivity index (χ1v) is 11.3. The van der Waals surface area contributed by atoms with Crippen LogP contribution < -0.4 is 5.32 Å². The summed E-state index contributed by atoms with van der Waals surface area (Å²) in [5, 5.41) is 2.87. The summed E-state index contributed by atoms with van der Waals surface area (Å²) in [4.78, 5) is 11.8. The fourth-order valence-corrected chi connectivity index (χ4v) is 4.67. The van der Waals surface area contributed by atoms with Crippen molar-refractivity contribution >= 4 is 16.2 Å². The summed E-state index contributed by atoms with van der Waals surface area (Å²) in [5.74, 6) is 0. The molecule has 0 radical (unpaired) electrons. The maximum atomic E-state index is 12.7. The Bertz CT molecular complexity index is 897. The van der Waals surface area contributed by atoms with Crippen LogP contribution in [-0.4, -0.2) is 44.5 Å². The van der Waals surface area contributed by atoms with Gasteiger partial charge in [0.2, 0.25) is 0 Å². The Morgan fingerprint density at radius 3 is 2.13 bits per heavy atom. The van der Waals surface area contributed by atoms with Gasteiger partial charge in [0.1, 0.15) is 5.60 Å². The third kappa shape index (κ3) is 5.69. The van der Waals surface area contributed by atoms with E-state index in [0.717, 1.165) is 12.1 Å². The Morgan fingerprint density at radius 2 is 1.68 bits per heavy atom. The van der Waals surface area contributed by atoms with Gasteiger partial charge in [0.05, 0.1) is 34.8 Å². The molecule has 1 saturated carbocycles. The summed E-state index contributed by atoms with van der Waals surface area (Å²) < 4.78 is 79.2. The van der Waals surface area contributed by atoms with Gasteiger partial charge in [0.15, 0.2) is 0 Å². The quantitative estimate of drug-likeness (QED) is 0.661. The minimum atomic E-state index is -4.56. The molecule has 4 rings (SSSR count). The molecule has 2 saturated heterocycles. The van der Waals surface area contributed by atoms with Crippen LogP contribution in [0.4, 0.5) is 18.0 Å². The number of carbonyl (C=O) groups is 1. The lowest BCUT2D eigenvalue weighted by Gasteiger charge is -2.52. The van der Waals surface area contributed by atoms with Crippen molar-refractivity contribution in [1.29, 1.82) is 0 Å². The largest absolute Gasteiger partial charge is 0.444 e. The van der Waals surface area contributed by atoms with E-state index in [1.165, 1.54) is 0 Å². The van der Waals surface area contributed by atoms with Crippen molar-refractivity contribution in [3.05, 3.63) is 29.8 Å². The SMILES string of the molecule is CC(C)(C)OC(=O)NC12CCC(COS(=O)(=O)c3ccc(C(F)(F)F)cc3)(CC1)OC2. The van der Waals surface area contributed by atoms with Crippen molar-refractivity contribution in [3.8, 4) is 0 Å². The second-order valence-corrected chi connectivity index (χ2v) is 10.7. The molecule has 1 aliphatic carbocycles. The van der Waals surface area contributed by atoms with E-state index in [0.29, 0.717) is 37.8 Å². The fourth-order valence-electron chi connectivity index (χ4n) is 3.69. The molecule has 1 N–H and O–H groups in total.